The number of thiazole rings is 1. The maximum absolute atomic E-state index is 13.0. The number of rotatable bonds is 3. The van der Waals surface area contributed by atoms with Crippen molar-refractivity contribution >= 4 is 23.2 Å². The monoisotopic (exact) mass is 371 g/mol. The topological polar surface area (TPSA) is 73.7 Å². The van der Waals surface area contributed by atoms with E-state index in [2.05, 4.69) is 4.98 Å². The van der Waals surface area contributed by atoms with Crippen LogP contribution in [0, 0.1) is 12.8 Å². The second-order valence-corrected chi connectivity index (χ2v) is 7.77. The van der Waals surface area contributed by atoms with Gasteiger partial charge in [0.2, 0.25) is 5.91 Å². The molecule has 2 bridgehead atoms. The van der Waals surface area contributed by atoms with Crippen LogP contribution in [0.4, 0.5) is 0 Å². The van der Waals surface area contributed by atoms with Gasteiger partial charge in [0.1, 0.15) is 5.75 Å². The number of phenolic OH excluding ortho intramolecular Hbond substituents is 1. The maximum Gasteiger partial charge on any atom is 0.257 e. The van der Waals surface area contributed by atoms with Crippen molar-refractivity contribution in [3.05, 3.63) is 45.9 Å². The number of benzene rings is 1. The van der Waals surface area contributed by atoms with E-state index in [1.807, 2.05) is 10.3 Å². The predicted octanol–water partition coefficient (Wildman–Crippen LogP) is 2.42. The number of aryl methyl sites for hydroxylation is 1. The fourth-order valence-corrected chi connectivity index (χ4v) is 4.46. The number of phenols is 1. The summed E-state index contributed by atoms with van der Waals surface area (Å²) in [4.78, 5) is 33.8. The maximum atomic E-state index is 13.0. The van der Waals surface area contributed by atoms with Gasteiger partial charge in [-0.15, -0.1) is 11.3 Å². The number of aromatic hydroxyl groups is 1. The Labute approximate surface area is 156 Å². The molecular formula is C19H21N3O3S. The minimum atomic E-state index is -0.202. The van der Waals surface area contributed by atoms with Crippen molar-refractivity contribution < 1.29 is 14.7 Å². The van der Waals surface area contributed by atoms with Crippen molar-refractivity contribution in [1.82, 2.24) is 14.8 Å². The third kappa shape index (κ3) is 2.96. The number of aromatic nitrogens is 1. The molecule has 5 rings (SSSR count). The number of fused-ring (bicyclic) bond motifs is 4. The number of carbonyl (C=O) groups excluding carboxylic acids is 2. The summed E-state index contributed by atoms with van der Waals surface area (Å²) in [5.41, 5.74) is 3.65. The van der Waals surface area contributed by atoms with Crippen LogP contribution in [0.2, 0.25) is 0 Å². The Kier molecular flexibility index (Phi) is 4.40. The van der Waals surface area contributed by atoms with Crippen LogP contribution in [0.5, 0.6) is 5.75 Å². The summed E-state index contributed by atoms with van der Waals surface area (Å²) in [6.07, 6.45) is 1.70. The summed E-state index contributed by atoms with van der Waals surface area (Å²) in [6, 6.07) is 5.19. The highest BCUT2D eigenvalue weighted by Gasteiger charge is 2.42. The minimum absolute atomic E-state index is 0.00106. The molecule has 0 radical (unpaired) electrons. The second-order valence-electron chi connectivity index (χ2n) is 7.06. The van der Waals surface area contributed by atoms with Gasteiger partial charge in [0.15, 0.2) is 0 Å². The molecule has 3 aliphatic heterocycles. The molecule has 3 saturated heterocycles. The average Bonchev–Trinajstić information content (AvgIpc) is 3.00. The second kappa shape index (κ2) is 6.72. The van der Waals surface area contributed by atoms with Crippen LogP contribution in [0.3, 0.4) is 0 Å². The van der Waals surface area contributed by atoms with Gasteiger partial charge in [-0.1, -0.05) is 12.1 Å². The molecule has 7 heteroatoms. The highest BCUT2D eigenvalue weighted by atomic mass is 32.1. The van der Waals surface area contributed by atoms with Crippen LogP contribution in [-0.4, -0.2) is 50.8 Å². The van der Waals surface area contributed by atoms with Gasteiger partial charge in [-0.2, -0.15) is 0 Å². The van der Waals surface area contributed by atoms with E-state index in [-0.39, 0.29) is 29.5 Å². The molecule has 0 aliphatic carbocycles. The SMILES string of the molecule is Cc1cccc(C(=O)N2C[C@@H]3CC[C@H](C2)N(Cc2cscn2)C3=O)c1O. The normalized spacial score (nSPS) is 22.6. The summed E-state index contributed by atoms with van der Waals surface area (Å²) < 4.78 is 0. The van der Waals surface area contributed by atoms with Gasteiger partial charge in [0.05, 0.1) is 29.2 Å². The van der Waals surface area contributed by atoms with E-state index in [0.717, 1.165) is 18.5 Å². The Morgan fingerprint density at radius 1 is 1.35 bits per heavy atom. The molecule has 2 amide bonds. The molecule has 26 heavy (non-hydrogen) atoms. The third-order valence-electron chi connectivity index (χ3n) is 5.36. The standard InChI is InChI=1S/C19H21N3O3S/c1-12-3-2-4-16(17(12)23)19(25)21-7-13-5-6-15(9-21)22(18(13)24)8-14-10-26-11-20-14/h2-4,10-11,13,15,23H,5-9H2,1H3/t13-,15+/m0/s1. The van der Waals surface area contributed by atoms with Crippen LogP contribution in [0.25, 0.3) is 0 Å². The van der Waals surface area contributed by atoms with E-state index in [1.165, 1.54) is 11.3 Å². The molecule has 0 spiro atoms. The van der Waals surface area contributed by atoms with Crippen molar-refractivity contribution in [2.24, 2.45) is 5.92 Å². The number of piperidine rings is 1. The number of hydrogen-bond donors (Lipinski definition) is 1. The lowest BCUT2D eigenvalue weighted by Gasteiger charge is -2.35. The first-order chi connectivity index (χ1) is 12.5. The van der Waals surface area contributed by atoms with E-state index < -0.39 is 0 Å². The largest absolute Gasteiger partial charge is 0.507 e. The van der Waals surface area contributed by atoms with Gasteiger partial charge in [-0.25, -0.2) is 4.98 Å². The Morgan fingerprint density at radius 3 is 2.96 bits per heavy atom. The molecule has 3 fully saturated rings. The van der Waals surface area contributed by atoms with E-state index in [4.69, 9.17) is 0 Å². The van der Waals surface area contributed by atoms with Crippen molar-refractivity contribution in [3.8, 4) is 5.75 Å². The molecule has 6 nitrogen and oxygen atoms in total. The summed E-state index contributed by atoms with van der Waals surface area (Å²) in [5.74, 6) is -0.243. The molecule has 2 aromatic rings. The first-order valence-electron chi connectivity index (χ1n) is 8.80. The number of para-hydroxylation sites is 1. The fourth-order valence-electron chi connectivity index (χ4n) is 3.91. The van der Waals surface area contributed by atoms with Crippen LogP contribution >= 0.6 is 11.3 Å². The lowest BCUT2D eigenvalue weighted by molar-refractivity contribution is -0.140. The number of carbonyl (C=O) groups is 2. The Hall–Kier alpha value is -2.41. The molecule has 2 atom stereocenters. The van der Waals surface area contributed by atoms with Gasteiger partial charge in [0.25, 0.3) is 5.91 Å². The van der Waals surface area contributed by atoms with Crippen molar-refractivity contribution in [3.63, 3.8) is 0 Å². The fraction of sp³-hybridized carbons (Fsp3) is 0.421. The lowest BCUT2D eigenvalue weighted by Crippen LogP contribution is -2.47. The summed E-state index contributed by atoms with van der Waals surface area (Å²) in [5, 5.41) is 12.2. The van der Waals surface area contributed by atoms with Gasteiger partial charge in [-0.05, 0) is 31.4 Å². The van der Waals surface area contributed by atoms with Gasteiger partial charge in [0, 0.05) is 24.5 Å². The van der Waals surface area contributed by atoms with E-state index in [1.54, 1.807) is 35.5 Å². The van der Waals surface area contributed by atoms with E-state index >= 15 is 0 Å². The van der Waals surface area contributed by atoms with E-state index in [0.29, 0.717) is 30.8 Å². The first kappa shape index (κ1) is 17.0. The van der Waals surface area contributed by atoms with E-state index in [9.17, 15) is 14.7 Å². The molecule has 1 aromatic heterocycles. The molecule has 0 saturated carbocycles. The molecule has 3 aliphatic rings. The van der Waals surface area contributed by atoms with Crippen LogP contribution in [0.15, 0.2) is 29.1 Å². The van der Waals surface area contributed by atoms with Crippen LogP contribution < -0.4 is 0 Å². The van der Waals surface area contributed by atoms with Crippen LogP contribution in [0.1, 0.15) is 34.5 Å². The Balaban J connectivity index is 1.58. The lowest BCUT2D eigenvalue weighted by atomic mass is 9.94. The molecule has 4 heterocycles. The quantitative estimate of drug-likeness (QED) is 0.899. The summed E-state index contributed by atoms with van der Waals surface area (Å²) in [7, 11) is 0. The zero-order valence-corrected chi connectivity index (χ0v) is 15.4. The number of nitrogens with zero attached hydrogens (tertiary/aromatic N) is 3. The molecular weight excluding hydrogens is 350 g/mol. The summed E-state index contributed by atoms with van der Waals surface area (Å²) >= 11 is 1.52. The highest BCUT2D eigenvalue weighted by molar-refractivity contribution is 7.07. The van der Waals surface area contributed by atoms with Crippen LogP contribution in [-0.2, 0) is 11.3 Å². The zero-order chi connectivity index (χ0) is 18.3. The number of hydrogen-bond acceptors (Lipinski definition) is 5. The molecule has 0 unspecified atom stereocenters. The van der Waals surface area contributed by atoms with Gasteiger partial charge in [-0.3, -0.25) is 9.59 Å². The highest BCUT2D eigenvalue weighted by Crippen LogP contribution is 2.32. The van der Waals surface area contributed by atoms with Crippen molar-refractivity contribution in [2.75, 3.05) is 13.1 Å². The molecule has 1 aromatic carbocycles. The van der Waals surface area contributed by atoms with Crippen molar-refractivity contribution in [2.45, 2.75) is 32.4 Å². The average molecular weight is 371 g/mol. The summed E-state index contributed by atoms with van der Waals surface area (Å²) in [6.45, 7) is 3.19. The third-order valence-corrected chi connectivity index (χ3v) is 6.00. The predicted molar refractivity (Wildman–Crippen MR) is 97.9 cm³/mol. The zero-order valence-electron chi connectivity index (χ0n) is 14.6. The first-order valence-corrected chi connectivity index (χ1v) is 9.74. The number of amides is 2. The van der Waals surface area contributed by atoms with Crippen molar-refractivity contribution in [1.29, 1.82) is 0 Å². The Morgan fingerprint density at radius 2 is 2.19 bits per heavy atom. The van der Waals surface area contributed by atoms with Gasteiger partial charge < -0.3 is 14.9 Å². The van der Waals surface area contributed by atoms with Gasteiger partial charge >= 0.3 is 0 Å². The molecule has 136 valence electrons. The minimum Gasteiger partial charge on any atom is -0.507 e. The molecule has 1 N–H and O–H groups in total. The smallest absolute Gasteiger partial charge is 0.257 e. The Bertz CT molecular complexity index is 837.